The third-order valence-corrected chi connectivity index (χ3v) is 4.16. The Morgan fingerprint density at radius 2 is 2.04 bits per heavy atom. The zero-order valence-corrected chi connectivity index (χ0v) is 13.4. The molecule has 1 saturated heterocycles. The molecule has 0 aromatic carbocycles. The summed E-state index contributed by atoms with van der Waals surface area (Å²) in [6.07, 6.45) is 5.78. The second-order valence-electron chi connectivity index (χ2n) is 5.85. The Balaban J connectivity index is 1.93. The summed E-state index contributed by atoms with van der Waals surface area (Å²) < 4.78 is 1.70. The number of nitrogens with one attached hydrogen (secondary N) is 1. The summed E-state index contributed by atoms with van der Waals surface area (Å²) in [5.41, 5.74) is 1.05. The molecule has 0 saturated carbocycles. The predicted molar refractivity (Wildman–Crippen MR) is 87.6 cm³/mol. The topological polar surface area (TPSA) is 66.7 Å². The second kappa shape index (κ2) is 6.81. The Morgan fingerprint density at radius 1 is 1.26 bits per heavy atom. The minimum Gasteiger partial charge on any atom is -0.349 e. The van der Waals surface area contributed by atoms with Gasteiger partial charge in [-0.3, -0.25) is 14.0 Å². The van der Waals surface area contributed by atoms with Gasteiger partial charge in [0.15, 0.2) is 5.69 Å². The summed E-state index contributed by atoms with van der Waals surface area (Å²) in [6, 6.07) is 5.53. The highest BCUT2D eigenvalue weighted by atomic mass is 16.2. The number of hydrogen-bond donors (Lipinski definition) is 1. The van der Waals surface area contributed by atoms with Crippen LogP contribution in [0.4, 0.5) is 0 Å². The van der Waals surface area contributed by atoms with Crippen LogP contribution in [0.1, 0.15) is 53.7 Å². The first kappa shape index (κ1) is 15.5. The van der Waals surface area contributed by atoms with Crippen LogP contribution in [0.15, 0.2) is 24.4 Å². The van der Waals surface area contributed by atoms with E-state index in [0.717, 1.165) is 38.8 Å². The molecule has 6 nitrogen and oxygen atoms in total. The number of carbonyl (C=O) groups excluding carboxylic acids is 2. The molecule has 0 aliphatic carbocycles. The van der Waals surface area contributed by atoms with Crippen molar-refractivity contribution in [3.8, 4) is 0 Å². The number of fused-ring (bicyclic) bond motifs is 1. The molecule has 2 aromatic rings. The maximum Gasteiger partial charge on any atom is 0.287 e. The van der Waals surface area contributed by atoms with Gasteiger partial charge in [0, 0.05) is 25.8 Å². The first-order valence-electron chi connectivity index (χ1n) is 8.27. The maximum absolute atomic E-state index is 12.7. The summed E-state index contributed by atoms with van der Waals surface area (Å²) in [4.78, 5) is 31.2. The zero-order valence-electron chi connectivity index (χ0n) is 13.4. The van der Waals surface area contributed by atoms with E-state index in [1.165, 1.54) is 0 Å². The molecule has 1 aliphatic heterocycles. The summed E-state index contributed by atoms with van der Waals surface area (Å²) in [5.74, 6) is -0.0434. The zero-order chi connectivity index (χ0) is 16.2. The Morgan fingerprint density at radius 3 is 2.78 bits per heavy atom. The molecule has 1 aliphatic rings. The number of hydrogen-bond acceptors (Lipinski definition) is 3. The number of carbonyl (C=O) groups is 2. The van der Waals surface area contributed by atoms with Gasteiger partial charge in [-0.2, -0.15) is 0 Å². The molecule has 0 atom stereocenters. The number of likely N-dealkylation sites (tertiary alicyclic amines) is 1. The molecule has 1 N–H and O–H groups in total. The van der Waals surface area contributed by atoms with Crippen molar-refractivity contribution in [3.05, 3.63) is 35.9 Å². The fraction of sp³-hybridized carbons (Fsp3) is 0.471. The van der Waals surface area contributed by atoms with Crippen LogP contribution in [0, 0.1) is 0 Å². The molecule has 0 spiro atoms. The third kappa shape index (κ3) is 3.06. The molecule has 0 bridgehead atoms. The minimum absolute atomic E-state index is 0.0844. The van der Waals surface area contributed by atoms with Crippen molar-refractivity contribution in [1.29, 1.82) is 0 Å². The number of unbranched alkanes of at least 4 members (excludes halogenated alkanes) is 1. The van der Waals surface area contributed by atoms with Crippen molar-refractivity contribution >= 4 is 17.3 Å². The fourth-order valence-corrected chi connectivity index (χ4v) is 2.88. The maximum atomic E-state index is 12.7. The summed E-state index contributed by atoms with van der Waals surface area (Å²) in [5, 5.41) is 2.87. The van der Waals surface area contributed by atoms with Crippen LogP contribution < -0.4 is 5.32 Å². The normalized spacial score (nSPS) is 14.4. The van der Waals surface area contributed by atoms with E-state index in [2.05, 4.69) is 17.2 Å². The van der Waals surface area contributed by atoms with Crippen LogP contribution in [0.25, 0.3) is 5.52 Å². The number of aromatic nitrogens is 2. The predicted octanol–water partition coefficient (Wildman–Crippen LogP) is 2.10. The van der Waals surface area contributed by atoms with E-state index in [-0.39, 0.29) is 17.6 Å². The van der Waals surface area contributed by atoms with E-state index in [1.807, 2.05) is 23.1 Å². The Labute approximate surface area is 135 Å². The SMILES string of the molecule is CCCCNC(=O)c1nc(C(=O)N2CCCC2)c2ccccn12. The molecular weight excluding hydrogens is 292 g/mol. The average Bonchev–Trinajstić information content (AvgIpc) is 3.22. The van der Waals surface area contributed by atoms with E-state index in [4.69, 9.17) is 0 Å². The number of pyridine rings is 1. The van der Waals surface area contributed by atoms with Crippen LogP contribution in [-0.2, 0) is 0 Å². The molecule has 1 fully saturated rings. The lowest BCUT2D eigenvalue weighted by atomic mass is 10.3. The van der Waals surface area contributed by atoms with E-state index in [0.29, 0.717) is 17.8 Å². The highest BCUT2D eigenvalue weighted by Gasteiger charge is 2.26. The molecule has 122 valence electrons. The third-order valence-electron chi connectivity index (χ3n) is 4.16. The highest BCUT2D eigenvalue weighted by molar-refractivity contribution is 6.02. The van der Waals surface area contributed by atoms with Gasteiger partial charge in [0.05, 0.1) is 5.52 Å². The van der Waals surface area contributed by atoms with Gasteiger partial charge < -0.3 is 10.2 Å². The summed E-state index contributed by atoms with van der Waals surface area (Å²) >= 11 is 0. The standard InChI is InChI=1S/C17H22N4O2/c1-2-3-9-18-16(22)15-19-14(13-8-4-5-12-21(13)15)17(23)20-10-6-7-11-20/h4-5,8,12H,2-3,6-7,9-11H2,1H3,(H,18,22). The minimum atomic E-state index is -0.236. The number of amides is 2. The Bertz CT molecular complexity index is 716. The monoisotopic (exact) mass is 314 g/mol. The van der Waals surface area contributed by atoms with Crippen LogP contribution >= 0.6 is 0 Å². The van der Waals surface area contributed by atoms with Crippen LogP contribution in [0.3, 0.4) is 0 Å². The van der Waals surface area contributed by atoms with Gasteiger partial charge in [-0.05, 0) is 31.4 Å². The summed E-state index contributed by atoms with van der Waals surface area (Å²) in [6.45, 7) is 4.22. The van der Waals surface area contributed by atoms with Crippen molar-refractivity contribution in [2.75, 3.05) is 19.6 Å². The van der Waals surface area contributed by atoms with E-state index >= 15 is 0 Å². The van der Waals surface area contributed by atoms with Gasteiger partial charge in [-0.15, -0.1) is 0 Å². The quantitative estimate of drug-likeness (QED) is 0.860. The van der Waals surface area contributed by atoms with Crippen LogP contribution in [-0.4, -0.2) is 45.7 Å². The molecule has 2 aromatic heterocycles. The van der Waals surface area contributed by atoms with Crippen molar-refractivity contribution in [2.45, 2.75) is 32.6 Å². The Kier molecular flexibility index (Phi) is 4.60. The first-order valence-corrected chi connectivity index (χ1v) is 8.27. The highest BCUT2D eigenvalue weighted by Crippen LogP contribution is 2.18. The largest absolute Gasteiger partial charge is 0.349 e. The lowest BCUT2D eigenvalue weighted by molar-refractivity contribution is 0.0789. The van der Waals surface area contributed by atoms with Crippen LogP contribution in [0.5, 0.6) is 0 Å². The molecule has 2 amide bonds. The molecule has 0 unspecified atom stereocenters. The average molecular weight is 314 g/mol. The van der Waals surface area contributed by atoms with Gasteiger partial charge in [-0.1, -0.05) is 19.4 Å². The van der Waals surface area contributed by atoms with Gasteiger partial charge in [-0.25, -0.2) is 4.98 Å². The molecule has 0 radical (unpaired) electrons. The van der Waals surface area contributed by atoms with Gasteiger partial charge in [0.25, 0.3) is 11.8 Å². The molecular formula is C17H22N4O2. The van der Waals surface area contributed by atoms with Gasteiger partial charge in [0.2, 0.25) is 5.82 Å². The van der Waals surface area contributed by atoms with E-state index in [1.54, 1.807) is 10.6 Å². The second-order valence-corrected chi connectivity index (χ2v) is 5.85. The number of imidazole rings is 1. The fourth-order valence-electron chi connectivity index (χ4n) is 2.88. The first-order chi connectivity index (χ1) is 11.2. The number of nitrogens with zero attached hydrogens (tertiary/aromatic N) is 3. The molecule has 6 heteroatoms. The lowest BCUT2D eigenvalue weighted by Gasteiger charge is -2.13. The van der Waals surface area contributed by atoms with Crippen LogP contribution in [0.2, 0.25) is 0 Å². The van der Waals surface area contributed by atoms with Gasteiger partial charge >= 0.3 is 0 Å². The van der Waals surface area contributed by atoms with Crippen molar-refractivity contribution in [2.24, 2.45) is 0 Å². The van der Waals surface area contributed by atoms with E-state index < -0.39 is 0 Å². The smallest absolute Gasteiger partial charge is 0.287 e. The molecule has 3 heterocycles. The molecule has 23 heavy (non-hydrogen) atoms. The van der Waals surface area contributed by atoms with E-state index in [9.17, 15) is 9.59 Å². The molecule has 3 rings (SSSR count). The number of rotatable bonds is 5. The Hall–Kier alpha value is -2.37. The van der Waals surface area contributed by atoms with Crippen molar-refractivity contribution in [1.82, 2.24) is 19.6 Å². The van der Waals surface area contributed by atoms with Crippen molar-refractivity contribution < 1.29 is 9.59 Å². The summed E-state index contributed by atoms with van der Waals surface area (Å²) in [7, 11) is 0. The van der Waals surface area contributed by atoms with Gasteiger partial charge in [0.1, 0.15) is 0 Å². The lowest BCUT2D eigenvalue weighted by Crippen LogP contribution is -2.28. The van der Waals surface area contributed by atoms with Crippen molar-refractivity contribution in [3.63, 3.8) is 0 Å².